The lowest BCUT2D eigenvalue weighted by molar-refractivity contribution is -0.132. The van der Waals surface area contributed by atoms with Crippen LogP contribution in [0, 0.1) is 0 Å². The number of likely N-dealkylation sites (tertiary alicyclic amines) is 1. The molecule has 4 nitrogen and oxygen atoms in total. The van der Waals surface area contributed by atoms with Gasteiger partial charge in [0, 0.05) is 24.5 Å². The summed E-state index contributed by atoms with van der Waals surface area (Å²) in [6.45, 7) is 3.29. The molecule has 1 aliphatic rings. The van der Waals surface area contributed by atoms with Crippen LogP contribution in [-0.2, 0) is 11.3 Å². The van der Waals surface area contributed by atoms with Crippen LogP contribution in [0.15, 0.2) is 17.5 Å². The van der Waals surface area contributed by atoms with Gasteiger partial charge in [-0.2, -0.15) is 0 Å². The predicted octanol–water partition coefficient (Wildman–Crippen LogP) is 1.78. The normalized spacial score (nSPS) is 20.0. The summed E-state index contributed by atoms with van der Waals surface area (Å²) >= 11 is 1.71. The molecule has 1 saturated heterocycles. The van der Waals surface area contributed by atoms with E-state index >= 15 is 0 Å². The fourth-order valence-corrected chi connectivity index (χ4v) is 3.51. The van der Waals surface area contributed by atoms with Crippen LogP contribution in [-0.4, -0.2) is 55.5 Å². The number of nitrogens with zero attached hydrogens (tertiary/aromatic N) is 2. The van der Waals surface area contributed by atoms with Crippen molar-refractivity contribution in [1.82, 2.24) is 15.1 Å². The minimum atomic E-state index is 0.224. The van der Waals surface area contributed by atoms with Gasteiger partial charge in [0.1, 0.15) is 0 Å². The Morgan fingerprint density at radius 1 is 1.55 bits per heavy atom. The number of hydrogen-bond donors (Lipinski definition) is 1. The van der Waals surface area contributed by atoms with E-state index in [-0.39, 0.29) is 5.91 Å². The standard InChI is InChI=1S/C15H25N3OS/c1-16-10-13-6-3-4-8-18(13)12-15(19)17(2)11-14-7-5-9-20-14/h5,7,9,13,16H,3-4,6,8,10-12H2,1-2H3. The summed E-state index contributed by atoms with van der Waals surface area (Å²) in [7, 11) is 3.89. The van der Waals surface area contributed by atoms with E-state index in [1.54, 1.807) is 11.3 Å². The van der Waals surface area contributed by atoms with Gasteiger partial charge in [0.05, 0.1) is 13.1 Å². The Bertz CT molecular complexity index is 405. The van der Waals surface area contributed by atoms with E-state index in [9.17, 15) is 4.79 Å². The van der Waals surface area contributed by atoms with Gasteiger partial charge in [0.15, 0.2) is 0 Å². The smallest absolute Gasteiger partial charge is 0.236 e. The van der Waals surface area contributed by atoms with Crippen LogP contribution in [0.3, 0.4) is 0 Å². The Labute approximate surface area is 125 Å². The number of thiophene rings is 1. The minimum Gasteiger partial charge on any atom is -0.340 e. The highest BCUT2D eigenvalue weighted by Gasteiger charge is 2.24. The lowest BCUT2D eigenvalue weighted by Crippen LogP contribution is -2.49. The van der Waals surface area contributed by atoms with Crippen molar-refractivity contribution in [3.8, 4) is 0 Å². The van der Waals surface area contributed by atoms with Crippen LogP contribution < -0.4 is 5.32 Å². The van der Waals surface area contributed by atoms with Gasteiger partial charge in [0.25, 0.3) is 0 Å². The van der Waals surface area contributed by atoms with E-state index in [2.05, 4.69) is 21.7 Å². The second kappa shape index (κ2) is 7.76. The third-order valence-electron chi connectivity index (χ3n) is 3.93. The fraction of sp³-hybridized carbons (Fsp3) is 0.667. The number of nitrogens with one attached hydrogen (secondary N) is 1. The topological polar surface area (TPSA) is 35.6 Å². The van der Waals surface area contributed by atoms with E-state index in [0.717, 1.165) is 19.6 Å². The van der Waals surface area contributed by atoms with Crippen molar-refractivity contribution in [3.63, 3.8) is 0 Å². The second-order valence-corrected chi connectivity index (χ2v) is 6.54. The second-order valence-electron chi connectivity index (χ2n) is 5.51. The Morgan fingerprint density at radius 2 is 2.40 bits per heavy atom. The molecule has 20 heavy (non-hydrogen) atoms. The summed E-state index contributed by atoms with van der Waals surface area (Å²) in [4.78, 5) is 17.8. The molecule has 1 amide bonds. The van der Waals surface area contributed by atoms with Gasteiger partial charge in [0.2, 0.25) is 5.91 Å². The molecule has 0 aliphatic carbocycles. The Morgan fingerprint density at radius 3 is 3.10 bits per heavy atom. The van der Waals surface area contributed by atoms with Crippen LogP contribution in [0.1, 0.15) is 24.1 Å². The number of likely N-dealkylation sites (N-methyl/N-ethyl adjacent to an activating group) is 2. The van der Waals surface area contributed by atoms with E-state index in [4.69, 9.17) is 0 Å². The average molecular weight is 295 g/mol. The molecule has 2 rings (SSSR count). The summed E-state index contributed by atoms with van der Waals surface area (Å²) in [6, 6.07) is 4.62. The van der Waals surface area contributed by atoms with E-state index in [1.165, 1.54) is 24.1 Å². The molecule has 0 saturated carbocycles. The molecule has 2 heterocycles. The first-order valence-corrected chi connectivity index (χ1v) is 8.23. The molecule has 112 valence electrons. The molecule has 1 unspecified atom stereocenters. The molecule has 5 heteroatoms. The summed E-state index contributed by atoms with van der Waals surface area (Å²) in [5.41, 5.74) is 0. The van der Waals surface area contributed by atoms with Gasteiger partial charge >= 0.3 is 0 Å². The first-order valence-electron chi connectivity index (χ1n) is 7.35. The van der Waals surface area contributed by atoms with E-state index in [1.807, 2.05) is 25.1 Å². The molecule has 1 aliphatic heterocycles. The zero-order valence-electron chi connectivity index (χ0n) is 12.5. The number of rotatable bonds is 6. The Hall–Kier alpha value is -0.910. The molecule has 0 aromatic carbocycles. The molecule has 1 atom stereocenters. The first-order chi connectivity index (χ1) is 9.70. The van der Waals surface area contributed by atoms with Gasteiger partial charge in [-0.25, -0.2) is 0 Å². The van der Waals surface area contributed by atoms with Crippen LogP contribution >= 0.6 is 11.3 Å². The molecular weight excluding hydrogens is 270 g/mol. The zero-order chi connectivity index (χ0) is 14.4. The highest BCUT2D eigenvalue weighted by atomic mass is 32.1. The largest absolute Gasteiger partial charge is 0.340 e. The maximum absolute atomic E-state index is 12.4. The molecule has 1 aromatic heterocycles. The third-order valence-corrected chi connectivity index (χ3v) is 4.79. The van der Waals surface area contributed by atoms with Crippen molar-refractivity contribution >= 4 is 17.2 Å². The number of piperidine rings is 1. The Kier molecular flexibility index (Phi) is 6.01. The van der Waals surface area contributed by atoms with Crippen molar-refractivity contribution < 1.29 is 4.79 Å². The highest BCUT2D eigenvalue weighted by molar-refractivity contribution is 7.09. The van der Waals surface area contributed by atoms with Crippen LogP contribution in [0.2, 0.25) is 0 Å². The van der Waals surface area contributed by atoms with E-state index < -0.39 is 0 Å². The fourth-order valence-electron chi connectivity index (χ4n) is 2.75. The first kappa shape index (κ1) is 15.5. The lowest BCUT2D eigenvalue weighted by Gasteiger charge is -2.36. The van der Waals surface area contributed by atoms with Gasteiger partial charge in [-0.05, 0) is 37.9 Å². The molecule has 0 spiro atoms. The summed E-state index contributed by atoms with van der Waals surface area (Å²) in [6.07, 6.45) is 3.69. The van der Waals surface area contributed by atoms with Crippen LogP contribution in [0.25, 0.3) is 0 Å². The molecule has 1 N–H and O–H groups in total. The van der Waals surface area contributed by atoms with Crippen molar-refractivity contribution in [1.29, 1.82) is 0 Å². The predicted molar refractivity (Wildman–Crippen MR) is 83.9 cm³/mol. The maximum Gasteiger partial charge on any atom is 0.236 e. The average Bonchev–Trinajstić information content (AvgIpc) is 2.94. The Balaban J connectivity index is 1.85. The minimum absolute atomic E-state index is 0.224. The van der Waals surface area contributed by atoms with Crippen LogP contribution in [0.4, 0.5) is 0 Å². The number of hydrogen-bond acceptors (Lipinski definition) is 4. The number of amides is 1. The van der Waals surface area contributed by atoms with Crippen molar-refractivity contribution in [2.45, 2.75) is 31.8 Å². The van der Waals surface area contributed by atoms with Gasteiger partial charge < -0.3 is 10.2 Å². The highest BCUT2D eigenvalue weighted by Crippen LogP contribution is 2.17. The molecule has 1 aromatic rings. The molecule has 0 bridgehead atoms. The van der Waals surface area contributed by atoms with Gasteiger partial charge in [-0.1, -0.05) is 12.5 Å². The zero-order valence-corrected chi connectivity index (χ0v) is 13.3. The van der Waals surface area contributed by atoms with Crippen LogP contribution in [0.5, 0.6) is 0 Å². The van der Waals surface area contributed by atoms with E-state index in [0.29, 0.717) is 12.6 Å². The number of carbonyl (C=O) groups excluding carboxylic acids is 1. The monoisotopic (exact) mass is 295 g/mol. The summed E-state index contributed by atoms with van der Waals surface area (Å²) in [5, 5.41) is 5.30. The maximum atomic E-state index is 12.4. The van der Waals surface area contributed by atoms with Crippen molar-refractivity contribution in [3.05, 3.63) is 22.4 Å². The quantitative estimate of drug-likeness (QED) is 0.869. The molecular formula is C15H25N3OS. The van der Waals surface area contributed by atoms with Crippen molar-refractivity contribution in [2.75, 3.05) is 33.7 Å². The molecule has 1 fully saturated rings. The van der Waals surface area contributed by atoms with Crippen molar-refractivity contribution in [2.24, 2.45) is 0 Å². The third kappa shape index (κ3) is 4.30. The molecule has 0 radical (unpaired) electrons. The van der Waals surface area contributed by atoms with Gasteiger partial charge in [-0.15, -0.1) is 11.3 Å². The summed E-state index contributed by atoms with van der Waals surface area (Å²) in [5.74, 6) is 0.224. The SMILES string of the molecule is CNCC1CCCCN1CC(=O)N(C)Cc1cccs1. The van der Waals surface area contributed by atoms with Gasteiger partial charge in [-0.3, -0.25) is 9.69 Å². The summed E-state index contributed by atoms with van der Waals surface area (Å²) < 4.78 is 0. The lowest BCUT2D eigenvalue weighted by atomic mass is 10.0. The number of carbonyl (C=O) groups is 1.